The van der Waals surface area contributed by atoms with E-state index in [-0.39, 0.29) is 21.9 Å². The van der Waals surface area contributed by atoms with Crippen LogP contribution in [-0.4, -0.2) is 31.5 Å². The lowest BCUT2D eigenvalue weighted by Gasteiger charge is -2.31. The molecule has 1 aliphatic heterocycles. The zero-order valence-electron chi connectivity index (χ0n) is 16.4. The number of allylic oxidation sites excluding steroid dienone is 1. The second-order valence-electron chi connectivity index (χ2n) is 6.85. The molecule has 0 unspecified atom stereocenters. The van der Waals surface area contributed by atoms with E-state index in [0.717, 1.165) is 4.31 Å². The number of nitrogens with one attached hydrogen (secondary N) is 1. The number of carbonyl (C=O) groups is 2. The molecule has 8 heteroatoms. The summed E-state index contributed by atoms with van der Waals surface area (Å²) in [6, 6.07) is 20.8. The van der Waals surface area contributed by atoms with E-state index in [1.807, 2.05) is 0 Å². The fourth-order valence-corrected chi connectivity index (χ4v) is 4.88. The van der Waals surface area contributed by atoms with Gasteiger partial charge < -0.3 is 5.32 Å². The van der Waals surface area contributed by atoms with Crippen LogP contribution in [0.5, 0.6) is 0 Å². The van der Waals surface area contributed by atoms with Crippen molar-refractivity contribution in [1.82, 2.24) is 9.62 Å². The topological polar surface area (TPSA) is 83.6 Å². The van der Waals surface area contributed by atoms with Crippen molar-refractivity contribution in [2.24, 2.45) is 0 Å². The smallest absolute Gasteiger partial charge is 0.264 e. The summed E-state index contributed by atoms with van der Waals surface area (Å²) in [5.74, 6) is -1.01. The number of carbonyl (C=O) groups excluding carboxylic acids is 2. The molecule has 3 aromatic carbocycles. The van der Waals surface area contributed by atoms with E-state index in [9.17, 15) is 18.0 Å². The number of halogens is 1. The molecule has 0 saturated carbocycles. The predicted molar refractivity (Wildman–Crippen MR) is 118 cm³/mol. The van der Waals surface area contributed by atoms with Gasteiger partial charge in [0.15, 0.2) is 0 Å². The Kier molecular flexibility index (Phi) is 5.39. The molecule has 156 valence electrons. The third kappa shape index (κ3) is 3.73. The van der Waals surface area contributed by atoms with Crippen LogP contribution < -0.4 is 5.32 Å². The first kappa shape index (κ1) is 20.8. The highest BCUT2D eigenvalue weighted by Gasteiger charge is 2.38. The average molecular weight is 453 g/mol. The molecule has 4 rings (SSSR count). The van der Waals surface area contributed by atoms with Crippen molar-refractivity contribution in [1.29, 1.82) is 0 Å². The number of fused-ring (bicyclic) bond motifs is 1. The molecule has 0 spiro atoms. The van der Waals surface area contributed by atoms with Crippen LogP contribution in [0.15, 0.2) is 89.5 Å². The Labute approximate surface area is 184 Å². The molecule has 3 aromatic rings. The van der Waals surface area contributed by atoms with Gasteiger partial charge in [0.1, 0.15) is 5.70 Å². The van der Waals surface area contributed by atoms with Crippen LogP contribution in [-0.2, 0) is 10.0 Å². The lowest BCUT2D eigenvalue weighted by Crippen LogP contribution is -2.39. The van der Waals surface area contributed by atoms with Crippen molar-refractivity contribution in [2.75, 3.05) is 7.05 Å². The molecule has 0 aliphatic carbocycles. The lowest BCUT2D eigenvalue weighted by atomic mass is 10.0. The van der Waals surface area contributed by atoms with Crippen molar-refractivity contribution >= 4 is 39.0 Å². The van der Waals surface area contributed by atoms with Crippen LogP contribution in [0.2, 0.25) is 5.02 Å². The molecule has 1 N–H and O–H groups in total. The van der Waals surface area contributed by atoms with Gasteiger partial charge in [0.05, 0.1) is 10.6 Å². The average Bonchev–Trinajstić information content (AvgIpc) is 2.78. The Bertz CT molecular complexity index is 1320. The highest BCUT2D eigenvalue weighted by Crippen LogP contribution is 2.36. The number of sulfonamides is 1. The number of hydrogen-bond acceptors (Lipinski definition) is 4. The first-order valence-electron chi connectivity index (χ1n) is 9.30. The van der Waals surface area contributed by atoms with E-state index in [0.29, 0.717) is 16.1 Å². The summed E-state index contributed by atoms with van der Waals surface area (Å²) in [7, 11) is -2.67. The number of amides is 1. The Morgan fingerprint density at radius 1 is 0.839 bits per heavy atom. The maximum absolute atomic E-state index is 13.3. The molecule has 0 atom stereocenters. The van der Waals surface area contributed by atoms with Crippen LogP contribution in [0, 0.1) is 0 Å². The van der Waals surface area contributed by atoms with Crippen LogP contribution >= 0.6 is 11.6 Å². The Balaban J connectivity index is 1.91. The van der Waals surface area contributed by atoms with Gasteiger partial charge >= 0.3 is 0 Å². The largest absolute Gasteiger partial charge is 0.319 e. The maximum Gasteiger partial charge on any atom is 0.264 e. The Hall–Kier alpha value is -3.42. The van der Waals surface area contributed by atoms with E-state index >= 15 is 0 Å². The first-order chi connectivity index (χ1) is 14.8. The molecule has 0 fully saturated rings. The monoisotopic (exact) mass is 452 g/mol. The SMILES string of the molecule is CN1C(C(=O)c2ccccc2)=C(NC(=O)c2ccc(Cl)cc2)c2ccccc2S1(=O)=O. The van der Waals surface area contributed by atoms with Crippen molar-refractivity contribution in [3.63, 3.8) is 0 Å². The molecule has 1 heterocycles. The van der Waals surface area contributed by atoms with Gasteiger partial charge in [-0.2, -0.15) is 0 Å². The molecule has 0 aromatic heterocycles. The van der Waals surface area contributed by atoms with Crippen molar-refractivity contribution in [3.8, 4) is 0 Å². The summed E-state index contributed by atoms with van der Waals surface area (Å²) in [5, 5.41) is 3.23. The van der Waals surface area contributed by atoms with Gasteiger partial charge in [-0.1, -0.05) is 60.1 Å². The number of nitrogens with zero attached hydrogens (tertiary/aromatic N) is 1. The minimum Gasteiger partial charge on any atom is -0.319 e. The molecule has 0 radical (unpaired) electrons. The Morgan fingerprint density at radius 3 is 2.13 bits per heavy atom. The molecule has 1 amide bonds. The quantitative estimate of drug-likeness (QED) is 0.607. The number of likely N-dealkylation sites (N-methyl/N-ethyl adjacent to an activating group) is 1. The lowest BCUT2D eigenvalue weighted by molar-refractivity contribution is 0.0972. The third-order valence-corrected chi connectivity index (χ3v) is 7.01. The number of hydrogen-bond donors (Lipinski definition) is 1. The number of rotatable bonds is 4. The molecular formula is C23H17ClN2O4S. The van der Waals surface area contributed by atoms with Gasteiger partial charge in [0.2, 0.25) is 5.78 Å². The standard InChI is InChI=1S/C23H17ClN2O4S/c1-26-21(22(27)15-7-3-2-4-8-15)20(18-9-5-6-10-19(18)31(26,29)30)25-23(28)16-11-13-17(24)14-12-16/h2-14H,1H3,(H,25,28). The van der Waals surface area contributed by atoms with Gasteiger partial charge in [-0.05, 0) is 30.3 Å². The normalized spacial score (nSPS) is 14.7. The minimum absolute atomic E-state index is 0.00789. The predicted octanol–water partition coefficient (Wildman–Crippen LogP) is 3.96. The fraction of sp³-hybridized carbons (Fsp3) is 0.0435. The summed E-state index contributed by atoms with van der Waals surface area (Å²) in [6.45, 7) is 0. The molecule has 31 heavy (non-hydrogen) atoms. The summed E-state index contributed by atoms with van der Waals surface area (Å²) >= 11 is 5.90. The zero-order valence-corrected chi connectivity index (χ0v) is 17.9. The van der Waals surface area contributed by atoms with E-state index in [2.05, 4.69) is 5.32 Å². The summed E-state index contributed by atoms with van der Waals surface area (Å²) in [6.07, 6.45) is 0. The second kappa shape index (κ2) is 8.02. The van der Waals surface area contributed by atoms with E-state index in [4.69, 9.17) is 11.6 Å². The van der Waals surface area contributed by atoms with E-state index in [1.165, 1.54) is 13.1 Å². The summed E-state index contributed by atoms with van der Waals surface area (Å²) in [4.78, 5) is 26.3. The van der Waals surface area contributed by atoms with Crippen molar-refractivity contribution < 1.29 is 18.0 Å². The number of Topliss-reactive ketones (excluding diaryl/α,β-unsaturated/α-hetero) is 1. The van der Waals surface area contributed by atoms with Crippen LogP contribution in [0.25, 0.3) is 5.70 Å². The zero-order chi connectivity index (χ0) is 22.2. The highest BCUT2D eigenvalue weighted by molar-refractivity contribution is 7.89. The summed E-state index contributed by atoms with van der Waals surface area (Å²) < 4.78 is 27.1. The molecule has 0 bridgehead atoms. The van der Waals surface area contributed by atoms with Gasteiger partial charge in [-0.15, -0.1) is 0 Å². The van der Waals surface area contributed by atoms with Gasteiger partial charge in [0.25, 0.3) is 15.9 Å². The van der Waals surface area contributed by atoms with Crippen LogP contribution in [0.4, 0.5) is 0 Å². The summed E-state index contributed by atoms with van der Waals surface area (Å²) in [5.41, 5.74) is 0.866. The Morgan fingerprint density at radius 2 is 1.45 bits per heavy atom. The second-order valence-corrected chi connectivity index (χ2v) is 9.22. The van der Waals surface area contributed by atoms with Crippen LogP contribution in [0.1, 0.15) is 26.3 Å². The van der Waals surface area contributed by atoms with Gasteiger partial charge in [-0.25, -0.2) is 8.42 Å². The molecule has 6 nitrogen and oxygen atoms in total. The van der Waals surface area contributed by atoms with Gasteiger partial charge in [0, 0.05) is 28.8 Å². The highest BCUT2D eigenvalue weighted by atomic mass is 35.5. The van der Waals surface area contributed by atoms with E-state index < -0.39 is 21.7 Å². The maximum atomic E-state index is 13.3. The van der Waals surface area contributed by atoms with Crippen LogP contribution in [0.3, 0.4) is 0 Å². The molecular weight excluding hydrogens is 436 g/mol. The minimum atomic E-state index is -3.98. The first-order valence-corrected chi connectivity index (χ1v) is 11.1. The van der Waals surface area contributed by atoms with Gasteiger partial charge in [-0.3, -0.25) is 13.9 Å². The fourth-order valence-electron chi connectivity index (χ4n) is 3.35. The number of benzene rings is 3. The van der Waals surface area contributed by atoms with Crippen molar-refractivity contribution in [3.05, 3.63) is 106 Å². The molecule has 0 saturated heterocycles. The third-order valence-electron chi connectivity index (χ3n) is 4.94. The molecule has 1 aliphatic rings. The number of ketones is 1. The van der Waals surface area contributed by atoms with Crippen molar-refractivity contribution in [2.45, 2.75) is 4.90 Å². The van der Waals surface area contributed by atoms with E-state index in [1.54, 1.807) is 72.8 Å².